The fourth-order valence-electron chi connectivity index (χ4n) is 4.10. The molecule has 3 rings (SSSR count). The van der Waals surface area contributed by atoms with Crippen LogP contribution in [0.1, 0.15) is 49.1 Å². The topological polar surface area (TPSA) is 70.1 Å². The monoisotopic (exact) mass is 450 g/mol. The van der Waals surface area contributed by atoms with Crippen LogP contribution in [0.5, 0.6) is 5.75 Å². The number of likely N-dealkylation sites (tertiary alicyclic amines) is 1. The fourth-order valence-corrected chi connectivity index (χ4v) is 4.10. The highest BCUT2D eigenvalue weighted by Crippen LogP contribution is 2.40. The Balaban J connectivity index is 2.16. The summed E-state index contributed by atoms with van der Waals surface area (Å²) in [6.45, 7) is 9.23. The summed E-state index contributed by atoms with van der Waals surface area (Å²) >= 11 is 0. The Hall–Kier alpha value is -3.12. The van der Waals surface area contributed by atoms with E-state index in [4.69, 9.17) is 4.74 Å². The second-order valence-electron chi connectivity index (χ2n) is 9.85. The molecular weight excluding hydrogens is 416 g/mol. The molecule has 2 aromatic rings. The average molecular weight is 451 g/mol. The number of hydrogen-bond donors (Lipinski definition) is 1. The van der Waals surface area contributed by atoms with Crippen LogP contribution >= 0.6 is 0 Å². The van der Waals surface area contributed by atoms with E-state index in [1.54, 1.807) is 30.2 Å². The van der Waals surface area contributed by atoms with Crippen LogP contribution in [0.25, 0.3) is 5.76 Å². The number of aryl methyl sites for hydroxylation is 1. The quantitative estimate of drug-likeness (QED) is 0.404. The molecule has 0 bridgehead atoms. The van der Waals surface area contributed by atoms with E-state index in [-0.39, 0.29) is 16.7 Å². The molecule has 1 atom stereocenters. The molecule has 0 aromatic heterocycles. The molecule has 1 aliphatic heterocycles. The lowest BCUT2D eigenvalue weighted by Crippen LogP contribution is -2.35. The van der Waals surface area contributed by atoms with Crippen LogP contribution in [0.2, 0.25) is 0 Å². The average Bonchev–Trinajstić information content (AvgIpc) is 3.01. The normalized spacial score (nSPS) is 18.3. The van der Waals surface area contributed by atoms with E-state index in [1.165, 1.54) is 0 Å². The molecule has 1 heterocycles. The van der Waals surface area contributed by atoms with Crippen molar-refractivity contribution in [1.29, 1.82) is 0 Å². The molecule has 2 aromatic carbocycles. The number of aliphatic hydroxyl groups excluding tert-OH is 1. The van der Waals surface area contributed by atoms with E-state index in [1.807, 2.05) is 50.2 Å². The number of ketones is 1. The summed E-state index contributed by atoms with van der Waals surface area (Å²) in [5.74, 6) is -0.753. The van der Waals surface area contributed by atoms with Crippen LogP contribution in [-0.4, -0.2) is 60.9 Å². The van der Waals surface area contributed by atoms with E-state index in [2.05, 4.69) is 20.8 Å². The molecule has 1 amide bonds. The summed E-state index contributed by atoms with van der Waals surface area (Å²) in [5.41, 5.74) is 3.32. The number of aliphatic hydroxyl groups is 1. The van der Waals surface area contributed by atoms with Crippen molar-refractivity contribution in [1.82, 2.24) is 9.80 Å². The van der Waals surface area contributed by atoms with Crippen molar-refractivity contribution in [2.45, 2.75) is 39.2 Å². The summed E-state index contributed by atoms with van der Waals surface area (Å²) in [5, 5.41) is 11.3. The second kappa shape index (κ2) is 9.40. The molecule has 0 radical (unpaired) electrons. The van der Waals surface area contributed by atoms with Gasteiger partial charge in [-0.25, -0.2) is 0 Å². The van der Waals surface area contributed by atoms with Crippen molar-refractivity contribution >= 4 is 17.4 Å². The lowest BCUT2D eigenvalue weighted by molar-refractivity contribution is -0.140. The van der Waals surface area contributed by atoms with Crippen LogP contribution in [0, 0.1) is 6.92 Å². The Morgan fingerprint density at radius 3 is 2.24 bits per heavy atom. The number of methoxy groups -OCH3 is 1. The maximum Gasteiger partial charge on any atom is 0.295 e. The third-order valence-corrected chi connectivity index (χ3v) is 6.11. The Morgan fingerprint density at radius 2 is 1.73 bits per heavy atom. The van der Waals surface area contributed by atoms with Gasteiger partial charge in [-0.2, -0.15) is 0 Å². The van der Waals surface area contributed by atoms with Crippen molar-refractivity contribution in [3.8, 4) is 5.75 Å². The van der Waals surface area contributed by atoms with E-state index in [9.17, 15) is 14.7 Å². The summed E-state index contributed by atoms with van der Waals surface area (Å²) in [7, 11) is 5.42. The van der Waals surface area contributed by atoms with E-state index < -0.39 is 17.7 Å². The number of amides is 1. The lowest BCUT2D eigenvalue weighted by Gasteiger charge is -2.27. The van der Waals surface area contributed by atoms with Crippen LogP contribution in [0.4, 0.5) is 0 Å². The lowest BCUT2D eigenvalue weighted by atomic mass is 9.85. The van der Waals surface area contributed by atoms with Gasteiger partial charge in [-0.1, -0.05) is 45.0 Å². The van der Waals surface area contributed by atoms with Gasteiger partial charge in [0.1, 0.15) is 11.5 Å². The highest BCUT2D eigenvalue weighted by molar-refractivity contribution is 6.46. The van der Waals surface area contributed by atoms with Crippen molar-refractivity contribution in [2.24, 2.45) is 0 Å². The van der Waals surface area contributed by atoms with E-state index in [0.29, 0.717) is 24.4 Å². The van der Waals surface area contributed by atoms with Gasteiger partial charge in [-0.05, 0) is 61.3 Å². The van der Waals surface area contributed by atoms with Crippen molar-refractivity contribution in [2.75, 3.05) is 34.3 Å². The van der Waals surface area contributed by atoms with Gasteiger partial charge >= 0.3 is 0 Å². The Morgan fingerprint density at radius 1 is 1.09 bits per heavy atom. The maximum atomic E-state index is 13.2. The first-order chi connectivity index (χ1) is 15.5. The second-order valence-corrected chi connectivity index (χ2v) is 9.85. The maximum absolute atomic E-state index is 13.2. The molecule has 6 heteroatoms. The third-order valence-electron chi connectivity index (χ3n) is 6.11. The van der Waals surface area contributed by atoms with Gasteiger partial charge in [0.15, 0.2) is 0 Å². The van der Waals surface area contributed by atoms with Crippen LogP contribution in [0.15, 0.2) is 48.0 Å². The molecule has 1 fully saturated rings. The summed E-state index contributed by atoms with van der Waals surface area (Å²) in [6.07, 6.45) is 0. The van der Waals surface area contributed by atoms with Crippen molar-refractivity contribution in [3.05, 3.63) is 70.3 Å². The number of carbonyl (C=O) groups is 2. The van der Waals surface area contributed by atoms with E-state index in [0.717, 1.165) is 16.7 Å². The molecule has 33 heavy (non-hydrogen) atoms. The summed E-state index contributed by atoms with van der Waals surface area (Å²) in [4.78, 5) is 29.8. The van der Waals surface area contributed by atoms with Crippen LogP contribution in [0.3, 0.4) is 0 Å². The molecule has 0 aliphatic carbocycles. The van der Waals surface area contributed by atoms with Crippen molar-refractivity contribution < 1.29 is 19.4 Å². The van der Waals surface area contributed by atoms with E-state index >= 15 is 0 Å². The van der Waals surface area contributed by atoms with Crippen molar-refractivity contribution in [3.63, 3.8) is 0 Å². The molecule has 1 saturated heterocycles. The number of Topliss-reactive ketones (excluding diaryl/α,β-unsaturated/α-hetero) is 1. The molecule has 0 saturated carbocycles. The number of likely N-dealkylation sites (N-methyl/N-ethyl adjacent to an activating group) is 1. The largest absolute Gasteiger partial charge is 0.507 e. The van der Waals surface area contributed by atoms with Crippen LogP contribution < -0.4 is 4.74 Å². The van der Waals surface area contributed by atoms with Gasteiger partial charge in [0.25, 0.3) is 11.7 Å². The summed E-state index contributed by atoms with van der Waals surface area (Å²) in [6, 6.07) is 12.6. The number of nitrogens with zero attached hydrogens (tertiary/aromatic N) is 2. The van der Waals surface area contributed by atoms with Gasteiger partial charge in [-0.15, -0.1) is 0 Å². The smallest absolute Gasteiger partial charge is 0.295 e. The summed E-state index contributed by atoms with van der Waals surface area (Å²) < 4.78 is 5.26. The molecular formula is C27H34N2O4. The first-order valence-corrected chi connectivity index (χ1v) is 11.1. The molecule has 1 N–H and O–H groups in total. The zero-order valence-electron chi connectivity index (χ0n) is 20.6. The Labute approximate surface area is 196 Å². The SMILES string of the molecule is COc1ccc(/C(O)=C2\C(=O)C(=O)N(CCN(C)C)C2c2ccc(C(C)(C)C)cc2)c(C)c1. The van der Waals surface area contributed by atoms with Gasteiger partial charge in [0.2, 0.25) is 0 Å². The first kappa shape index (κ1) is 24.5. The zero-order valence-corrected chi connectivity index (χ0v) is 20.6. The molecule has 1 unspecified atom stereocenters. The molecule has 0 spiro atoms. The fraction of sp³-hybridized carbons (Fsp3) is 0.407. The minimum absolute atomic E-state index is 0.0224. The highest BCUT2D eigenvalue weighted by atomic mass is 16.5. The van der Waals surface area contributed by atoms with Gasteiger partial charge < -0.3 is 19.6 Å². The molecule has 1 aliphatic rings. The molecule has 176 valence electrons. The number of benzene rings is 2. The minimum atomic E-state index is -0.661. The Kier molecular flexibility index (Phi) is 6.98. The predicted molar refractivity (Wildman–Crippen MR) is 130 cm³/mol. The Bertz CT molecular complexity index is 1080. The number of ether oxygens (including phenoxy) is 1. The first-order valence-electron chi connectivity index (χ1n) is 11.1. The van der Waals surface area contributed by atoms with Gasteiger partial charge in [0.05, 0.1) is 18.7 Å². The standard InChI is InChI=1S/C27H34N2O4/c1-17-16-20(33-7)12-13-21(17)24(30)22-23(18-8-10-19(11-9-18)27(2,3)4)29(15-14-28(5)6)26(32)25(22)31/h8-13,16,23,30H,14-15H2,1-7H3/b24-22+. The van der Waals surface area contributed by atoms with Gasteiger partial charge in [0, 0.05) is 18.7 Å². The van der Waals surface area contributed by atoms with Gasteiger partial charge in [-0.3, -0.25) is 9.59 Å². The predicted octanol–water partition coefficient (Wildman–Crippen LogP) is 4.28. The van der Waals surface area contributed by atoms with Crippen LogP contribution in [-0.2, 0) is 15.0 Å². The molecule has 6 nitrogen and oxygen atoms in total. The third kappa shape index (κ3) is 4.96. The minimum Gasteiger partial charge on any atom is -0.507 e. The number of hydrogen-bond acceptors (Lipinski definition) is 5. The number of carbonyl (C=O) groups excluding carboxylic acids is 2. The zero-order chi connectivity index (χ0) is 24.5. The number of rotatable bonds is 6. The highest BCUT2D eigenvalue weighted by Gasteiger charge is 2.46.